The van der Waals surface area contributed by atoms with Crippen LogP contribution in [-0.4, -0.2) is 16.8 Å². The van der Waals surface area contributed by atoms with Gasteiger partial charge in [-0.1, -0.05) is 44.7 Å². The van der Waals surface area contributed by atoms with Crippen LogP contribution in [0.5, 0.6) is 11.5 Å². The Morgan fingerprint density at radius 2 is 1.71 bits per heavy atom. The van der Waals surface area contributed by atoms with Gasteiger partial charge in [0.05, 0.1) is 18.0 Å². The van der Waals surface area contributed by atoms with Crippen molar-refractivity contribution in [2.75, 3.05) is 12.3 Å². The summed E-state index contributed by atoms with van der Waals surface area (Å²) in [7, 11) is 0. The summed E-state index contributed by atoms with van der Waals surface area (Å²) < 4.78 is 11.8. The zero-order chi connectivity index (χ0) is 19.6. The van der Waals surface area contributed by atoms with Crippen molar-refractivity contribution in [1.82, 2.24) is 10.2 Å². The fourth-order valence-electron chi connectivity index (χ4n) is 2.99. The number of H-pyrrole nitrogens is 1. The molecular weight excluding hydrogens is 350 g/mol. The summed E-state index contributed by atoms with van der Waals surface area (Å²) >= 11 is 0. The van der Waals surface area contributed by atoms with Crippen LogP contribution in [0.25, 0.3) is 11.3 Å². The van der Waals surface area contributed by atoms with Crippen LogP contribution >= 0.6 is 0 Å². The van der Waals surface area contributed by atoms with Crippen LogP contribution in [0.4, 0.5) is 5.69 Å². The lowest BCUT2D eigenvalue weighted by Gasteiger charge is -2.10. The standard InChI is InChI=1S/C23H29N3O2/c1-2-3-4-5-8-15-27-23-10-7-6-9-21(23)22-16-19(25-26-22)17-28-20-13-11-18(24)12-14-20/h6-7,9-14,16H,2-5,8,15,17,24H2,1H3,(H,25,26). The zero-order valence-electron chi connectivity index (χ0n) is 16.5. The van der Waals surface area contributed by atoms with Crippen molar-refractivity contribution in [1.29, 1.82) is 0 Å². The molecule has 148 valence electrons. The molecule has 0 amide bonds. The van der Waals surface area contributed by atoms with Gasteiger partial charge in [-0.2, -0.15) is 5.10 Å². The van der Waals surface area contributed by atoms with Gasteiger partial charge in [-0.25, -0.2) is 0 Å². The molecule has 0 bridgehead atoms. The average molecular weight is 380 g/mol. The molecule has 0 aliphatic heterocycles. The highest BCUT2D eigenvalue weighted by atomic mass is 16.5. The van der Waals surface area contributed by atoms with Gasteiger partial charge in [-0.15, -0.1) is 0 Å². The van der Waals surface area contributed by atoms with Gasteiger partial charge >= 0.3 is 0 Å². The average Bonchev–Trinajstić information content (AvgIpc) is 3.19. The molecule has 0 spiro atoms. The summed E-state index contributed by atoms with van der Waals surface area (Å²) in [5.74, 6) is 1.65. The van der Waals surface area contributed by atoms with E-state index in [4.69, 9.17) is 15.2 Å². The minimum Gasteiger partial charge on any atom is -0.493 e. The minimum atomic E-state index is 0.414. The molecule has 0 atom stereocenters. The third-order valence-electron chi connectivity index (χ3n) is 4.57. The summed E-state index contributed by atoms with van der Waals surface area (Å²) in [6.45, 7) is 3.38. The third kappa shape index (κ3) is 5.78. The first-order chi connectivity index (χ1) is 13.8. The molecule has 3 aromatic rings. The van der Waals surface area contributed by atoms with Gasteiger partial charge < -0.3 is 15.2 Å². The Morgan fingerprint density at radius 3 is 2.54 bits per heavy atom. The highest BCUT2D eigenvalue weighted by Gasteiger charge is 2.10. The Morgan fingerprint density at radius 1 is 0.929 bits per heavy atom. The highest BCUT2D eigenvalue weighted by Crippen LogP contribution is 2.29. The second-order valence-corrected chi connectivity index (χ2v) is 6.89. The second-order valence-electron chi connectivity index (χ2n) is 6.89. The molecule has 1 heterocycles. The Balaban J connectivity index is 1.57. The smallest absolute Gasteiger partial charge is 0.130 e. The topological polar surface area (TPSA) is 73.2 Å². The lowest BCUT2D eigenvalue weighted by Crippen LogP contribution is -1.99. The third-order valence-corrected chi connectivity index (χ3v) is 4.57. The predicted octanol–water partition coefficient (Wildman–Crippen LogP) is 5.59. The van der Waals surface area contributed by atoms with Crippen molar-refractivity contribution in [2.24, 2.45) is 0 Å². The van der Waals surface area contributed by atoms with Crippen LogP contribution in [0.1, 0.15) is 44.7 Å². The van der Waals surface area contributed by atoms with E-state index < -0.39 is 0 Å². The second kappa shape index (κ2) is 10.4. The first-order valence-electron chi connectivity index (χ1n) is 10.0. The van der Waals surface area contributed by atoms with Crippen molar-refractivity contribution in [3.8, 4) is 22.8 Å². The number of para-hydroxylation sites is 1. The Bertz CT molecular complexity index is 843. The van der Waals surface area contributed by atoms with E-state index in [1.807, 2.05) is 54.6 Å². The first kappa shape index (κ1) is 19.8. The Labute approximate surface area is 166 Å². The number of nitrogens with one attached hydrogen (secondary N) is 1. The van der Waals surface area contributed by atoms with Crippen molar-refractivity contribution in [2.45, 2.75) is 45.6 Å². The van der Waals surface area contributed by atoms with Crippen LogP contribution in [0, 0.1) is 0 Å². The van der Waals surface area contributed by atoms with Crippen LogP contribution in [0.2, 0.25) is 0 Å². The molecule has 3 rings (SSSR count). The van der Waals surface area contributed by atoms with E-state index in [1.165, 1.54) is 25.7 Å². The van der Waals surface area contributed by atoms with Gasteiger partial charge in [-0.05, 0) is 48.9 Å². The summed E-state index contributed by atoms with van der Waals surface area (Å²) in [5.41, 5.74) is 9.17. The number of unbranched alkanes of at least 4 members (excludes halogenated alkanes) is 4. The van der Waals surface area contributed by atoms with Gasteiger partial charge in [0.25, 0.3) is 0 Å². The van der Waals surface area contributed by atoms with Gasteiger partial charge in [0.1, 0.15) is 18.1 Å². The van der Waals surface area contributed by atoms with Gasteiger partial charge in [0.2, 0.25) is 0 Å². The summed E-state index contributed by atoms with van der Waals surface area (Å²) in [4.78, 5) is 0. The number of aromatic amines is 1. The Kier molecular flexibility index (Phi) is 7.36. The van der Waals surface area contributed by atoms with Crippen molar-refractivity contribution >= 4 is 5.69 Å². The monoisotopic (exact) mass is 379 g/mol. The summed E-state index contributed by atoms with van der Waals surface area (Å²) in [5, 5.41) is 7.49. The molecule has 1 aromatic heterocycles. The molecule has 5 nitrogen and oxygen atoms in total. The lowest BCUT2D eigenvalue weighted by molar-refractivity contribution is 0.301. The molecule has 28 heavy (non-hydrogen) atoms. The van der Waals surface area contributed by atoms with Crippen molar-refractivity contribution < 1.29 is 9.47 Å². The maximum atomic E-state index is 6.02. The number of hydrogen-bond donors (Lipinski definition) is 2. The summed E-state index contributed by atoms with van der Waals surface area (Å²) in [6, 6.07) is 17.4. The van der Waals surface area contributed by atoms with E-state index in [9.17, 15) is 0 Å². The number of anilines is 1. The fraction of sp³-hybridized carbons (Fsp3) is 0.348. The molecule has 5 heteroatoms. The van der Waals surface area contributed by atoms with Crippen molar-refractivity contribution in [3.63, 3.8) is 0 Å². The SMILES string of the molecule is CCCCCCCOc1ccccc1-c1cc(COc2ccc(N)cc2)[nH]n1. The number of benzene rings is 2. The molecular formula is C23H29N3O2. The number of nitrogens with zero attached hydrogens (tertiary/aromatic N) is 1. The van der Waals surface area contributed by atoms with E-state index in [2.05, 4.69) is 17.1 Å². The van der Waals surface area contributed by atoms with E-state index in [0.29, 0.717) is 6.61 Å². The van der Waals surface area contributed by atoms with Crippen LogP contribution in [-0.2, 0) is 6.61 Å². The van der Waals surface area contributed by atoms with Crippen molar-refractivity contribution in [3.05, 3.63) is 60.3 Å². The van der Waals surface area contributed by atoms with Crippen LogP contribution in [0.3, 0.4) is 0 Å². The maximum absolute atomic E-state index is 6.02. The number of ether oxygens (including phenoxy) is 2. The van der Waals surface area contributed by atoms with Gasteiger partial charge in [-0.3, -0.25) is 5.10 Å². The Hall–Kier alpha value is -2.95. The normalized spacial score (nSPS) is 10.8. The lowest BCUT2D eigenvalue weighted by atomic mass is 10.1. The van der Waals surface area contributed by atoms with E-state index in [-0.39, 0.29) is 0 Å². The summed E-state index contributed by atoms with van der Waals surface area (Å²) in [6.07, 6.45) is 6.12. The van der Waals surface area contributed by atoms with E-state index >= 15 is 0 Å². The van der Waals surface area contributed by atoms with Crippen LogP contribution in [0.15, 0.2) is 54.6 Å². The van der Waals surface area contributed by atoms with Crippen LogP contribution < -0.4 is 15.2 Å². The highest BCUT2D eigenvalue weighted by molar-refractivity contribution is 5.67. The molecule has 0 aliphatic carbocycles. The zero-order valence-corrected chi connectivity index (χ0v) is 16.5. The molecule has 2 aromatic carbocycles. The molecule has 0 fully saturated rings. The van der Waals surface area contributed by atoms with Gasteiger partial charge in [0.15, 0.2) is 0 Å². The largest absolute Gasteiger partial charge is 0.493 e. The molecule has 0 aliphatic rings. The van der Waals surface area contributed by atoms with Gasteiger partial charge in [0, 0.05) is 11.3 Å². The molecule has 0 unspecified atom stereocenters. The molecule has 0 saturated heterocycles. The van der Waals surface area contributed by atoms with E-state index in [0.717, 1.165) is 47.2 Å². The number of hydrogen-bond acceptors (Lipinski definition) is 4. The number of rotatable bonds is 11. The molecule has 0 radical (unpaired) electrons. The fourth-order valence-corrected chi connectivity index (χ4v) is 2.99. The number of aromatic nitrogens is 2. The number of nitrogens with two attached hydrogens (primary N) is 1. The number of nitrogen functional groups attached to an aromatic ring is 1. The predicted molar refractivity (Wildman–Crippen MR) is 113 cm³/mol. The molecule has 0 saturated carbocycles. The maximum Gasteiger partial charge on any atom is 0.130 e. The van der Waals surface area contributed by atoms with E-state index in [1.54, 1.807) is 0 Å². The quantitative estimate of drug-likeness (QED) is 0.336. The molecule has 3 N–H and O–H groups in total. The minimum absolute atomic E-state index is 0.414. The first-order valence-corrected chi connectivity index (χ1v) is 10.0.